The van der Waals surface area contributed by atoms with Gasteiger partial charge in [0.15, 0.2) is 0 Å². The van der Waals surface area contributed by atoms with Crippen LogP contribution in [0.25, 0.3) is 0 Å². The third-order valence-corrected chi connectivity index (χ3v) is 4.41. The molecule has 2 aliphatic rings. The summed E-state index contributed by atoms with van der Waals surface area (Å²) in [5.41, 5.74) is 1.33. The van der Waals surface area contributed by atoms with Crippen LogP contribution in [-0.4, -0.2) is 39.6 Å². The lowest BCUT2D eigenvalue weighted by Gasteiger charge is -2.21. The van der Waals surface area contributed by atoms with E-state index in [1.807, 2.05) is 12.5 Å². The van der Waals surface area contributed by atoms with Crippen LogP contribution in [0.2, 0.25) is 0 Å². The molecule has 0 radical (unpaired) electrons. The highest BCUT2D eigenvalue weighted by Crippen LogP contribution is 2.28. The summed E-state index contributed by atoms with van der Waals surface area (Å²) in [4.78, 5) is 6.92. The SMILES string of the molecule is CCCn1cncc1CNC1CCN2CCCC12. The summed E-state index contributed by atoms with van der Waals surface area (Å²) in [6.45, 7) is 6.87. The molecular weight excluding hydrogens is 224 g/mol. The predicted molar refractivity (Wildman–Crippen MR) is 72.4 cm³/mol. The van der Waals surface area contributed by atoms with Crippen LogP contribution in [0.5, 0.6) is 0 Å². The van der Waals surface area contributed by atoms with Crippen molar-refractivity contribution in [2.75, 3.05) is 13.1 Å². The van der Waals surface area contributed by atoms with Gasteiger partial charge in [-0.15, -0.1) is 0 Å². The number of aromatic nitrogens is 2. The van der Waals surface area contributed by atoms with Crippen LogP contribution in [0, 0.1) is 0 Å². The van der Waals surface area contributed by atoms with Gasteiger partial charge in [-0.3, -0.25) is 4.90 Å². The standard InChI is InChI=1S/C14H24N4/c1-2-6-18-11-15-9-12(18)10-16-13-5-8-17-7-3-4-14(13)17/h9,11,13-14,16H,2-8,10H2,1H3. The highest BCUT2D eigenvalue weighted by molar-refractivity contribution is 5.01. The normalized spacial score (nSPS) is 27.8. The highest BCUT2D eigenvalue weighted by atomic mass is 15.2. The van der Waals surface area contributed by atoms with Gasteiger partial charge in [0.2, 0.25) is 0 Å². The van der Waals surface area contributed by atoms with Gasteiger partial charge in [-0.25, -0.2) is 4.98 Å². The number of hydrogen-bond donors (Lipinski definition) is 1. The summed E-state index contributed by atoms with van der Waals surface area (Å²) in [5.74, 6) is 0. The predicted octanol–water partition coefficient (Wildman–Crippen LogP) is 1.62. The zero-order valence-electron chi connectivity index (χ0n) is 11.3. The fourth-order valence-corrected chi connectivity index (χ4v) is 3.49. The second-order valence-electron chi connectivity index (χ2n) is 5.60. The molecule has 0 amide bonds. The fraction of sp³-hybridized carbons (Fsp3) is 0.786. The largest absolute Gasteiger partial charge is 0.333 e. The van der Waals surface area contributed by atoms with E-state index in [0.717, 1.165) is 19.1 Å². The lowest BCUT2D eigenvalue weighted by atomic mass is 10.1. The number of fused-ring (bicyclic) bond motifs is 1. The maximum Gasteiger partial charge on any atom is 0.0948 e. The Labute approximate surface area is 109 Å². The molecule has 3 rings (SSSR count). The summed E-state index contributed by atoms with van der Waals surface area (Å²) in [5, 5.41) is 3.75. The van der Waals surface area contributed by atoms with Gasteiger partial charge in [-0.2, -0.15) is 0 Å². The minimum absolute atomic E-state index is 0.692. The maximum absolute atomic E-state index is 4.26. The van der Waals surface area contributed by atoms with Gasteiger partial charge in [0.25, 0.3) is 0 Å². The molecule has 1 aromatic heterocycles. The smallest absolute Gasteiger partial charge is 0.0948 e. The third-order valence-electron chi connectivity index (χ3n) is 4.41. The molecule has 1 N–H and O–H groups in total. The third kappa shape index (κ3) is 2.31. The molecule has 2 aliphatic heterocycles. The molecule has 1 aromatic rings. The molecule has 2 saturated heterocycles. The highest BCUT2D eigenvalue weighted by Gasteiger charge is 2.36. The molecular formula is C14H24N4. The van der Waals surface area contributed by atoms with Gasteiger partial charge in [0, 0.05) is 37.9 Å². The Kier molecular flexibility index (Phi) is 3.66. The lowest BCUT2D eigenvalue weighted by Crippen LogP contribution is -2.39. The summed E-state index contributed by atoms with van der Waals surface area (Å²) in [6, 6.07) is 1.49. The Morgan fingerprint density at radius 1 is 1.39 bits per heavy atom. The monoisotopic (exact) mass is 248 g/mol. The molecule has 0 bridgehead atoms. The zero-order valence-corrected chi connectivity index (χ0v) is 11.3. The van der Waals surface area contributed by atoms with Crippen LogP contribution in [0.3, 0.4) is 0 Å². The van der Waals surface area contributed by atoms with E-state index in [0.29, 0.717) is 6.04 Å². The number of nitrogens with zero attached hydrogens (tertiary/aromatic N) is 3. The van der Waals surface area contributed by atoms with Gasteiger partial charge in [-0.1, -0.05) is 6.92 Å². The van der Waals surface area contributed by atoms with Crippen molar-refractivity contribution in [1.82, 2.24) is 19.8 Å². The molecule has 0 aromatic carbocycles. The van der Waals surface area contributed by atoms with Crippen molar-refractivity contribution < 1.29 is 0 Å². The van der Waals surface area contributed by atoms with Crippen molar-refractivity contribution in [2.24, 2.45) is 0 Å². The molecule has 18 heavy (non-hydrogen) atoms. The van der Waals surface area contributed by atoms with E-state index in [2.05, 4.69) is 26.7 Å². The molecule has 4 nitrogen and oxygen atoms in total. The average Bonchev–Trinajstić information content (AvgIpc) is 3.03. The fourth-order valence-electron chi connectivity index (χ4n) is 3.49. The molecule has 0 spiro atoms. The van der Waals surface area contributed by atoms with Crippen molar-refractivity contribution in [1.29, 1.82) is 0 Å². The number of aryl methyl sites for hydroxylation is 1. The summed E-state index contributed by atoms with van der Waals surface area (Å²) in [7, 11) is 0. The molecule has 3 heterocycles. The van der Waals surface area contributed by atoms with Gasteiger partial charge in [0.05, 0.1) is 12.0 Å². The maximum atomic E-state index is 4.26. The van der Waals surface area contributed by atoms with Crippen LogP contribution < -0.4 is 5.32 Å². The van der Waals surface area contributed by atoms with Crippen molar-refractivity contribution in [3.05, 3.63) is 18.2 Å². The van der Waals surface area contributed by atoms with E-state index in [1.54, 1.807) is 0 Å². The second-order valence-corrected chi connectivity index (χ2v) is 5.60. The van der Waals surface area contributed by atoms with Crippen molar-refractivity contribution in [3.8, 4) is 0 Å². The van der Waals surface area contributed by atoms with Crippen molar-refractivity contribution >= 4 is 0 Å². The minimum atomic E-state index is 0.692. The van der Waals surface area contributed by atoms with E-state index in [4.69, 9.17) is 0 Å². The molecule has 0 saturated carbocycles. The molecule has 2 unspecified atom stereocenters. The number of nitrogens with one attached hydrogen (secondary N) is 1. The number of hydrogen-bond acceptors (Lipinski definition) is 3. The van der Waals surface area contributed by atoms with Gasteiger partial charge >= 0.3 is 0 Å². The Balaban J connectivity index is 1.56. The van der Waals surface area contributed by atoms with E-state index >= 15 is 0 Å². The first-order chi connectivity index (χ1) is 8.88. The quantitative estimate of drug-likeness (QED) is 0.859. The van der Waals surface area contributed by atoms with Crippen LogP contribution in [0.15, 0.2) is 12.5 Å². The molecule has 2 atom stereocenters. The summed E-state index contributed by atoms with van der Waals surface area (Å²) in [6.07, 6.45) is 9.21. The van der Waals surface area contributed by atoms with Crippen LogP contribution in [-0.2, 0) is 13.1 Å². The molecule has 100 valence electrons. The van der Waals surface area contributed by atoms with Gasteiger partial charge in [-0.05, 0) is 32.2 Å². The molecule has 2 fully saturated rings. The Hall–Kier alpha value is -0.870. The van der Waals surface area contributed by atoms with Crippen LogP contribution in [0.4, 0.5) is 0 Å². The van der Waals surface area contributed by atoms with Crippen molar-refractivity contribution in [3.63, 3.8) is 0 Å². The Morgan fingerprint density at radius 2 is 2.33 bits per heavy atom. The van der Waals surface area contributed by atoms with E-state index in [1.165, 1.54) is 44.5 Å². The first kappa shape index (κ1) is 12.2. The van der Waals surface area contributed by atoms with Crippen LogP contribution >= 0.6 is 0 Å². The Bertz CT molecular complexity index is 387. The topological polar surface area (TPSA) is 33.1 Å². The first-order valence-electron chi connectivity index (χ1n) is 7.35. The van der Waals surface area contributed by atoms with Crippen LogP contribution in [0.1, 0.15) is 38.3 Å². The zero-order chi connectivity index (χ0) is 12.4. The van der Waals surface area contributed by atoms with E-state index in [9.17, 15) is 0 Å². The van der Waals surface area contributed by atoms with Crippen molar-refractivity contribution in [2.45, 2.75) is 57.8 Å². The van der Waals surface area contributed by atoms with Gasteiger partial charge in [0.1, 0.15) is 0 Å². The number of rotatable bonds is 5. The average molecular weight is 248 g/mol. The number of imidazole rings is 1. The van der Waals surface area contributed by atoms with Gasteiger partial charge < -0.3 is 9.88 Å². The molecule has 0 aliphatic carbocycles. The summed E-state index contributed by atoms with van der Waals surface area (Å²) < 4.78 is 2.27. The first-order valence-corrected chi connectivity index (χ1v) is 7.35. The molecule has 4 heteroatoms. The van der Waals surface area contributed by atoms with E-state index in [-0.39, 0.29) is 0 Å². The summed E-state index contributed by atoms with van der Waals surface area (Å²) >= 11 is 0. The Morgan fingerprint density at radius 3 is 3.22 bits per heavy atom. The lowest BCUT2D eigenvalue weighted by molar-refractivity contribution is 0.297. The minimum Gasteiger partial charge on any atom is -0.333 e. The van der Waals surface area contributed by atoms with E-state index < -0.39 is 0 Å². The second kappa shape index (κ2) is 5.41.